The lowest BCUT2D eigenvalue weighted by molar-refractivity contribution is 0.468. The molecule has 2 aromatic heterocycles. The fourth-order valence-electron chi connectivity index (χ4n) is 1.52. The van der Waals surface area contributed by atoms with Crippen LogP contribution in [0, 0.1) is 10.7 Å². The van der Waals surface area contributed by atoms with E-state index in [-0.39, 0.29) is 0 Å². The molecule has 1 unspecified atom stereocenters. The van der Waals surface area contributed by atoms with Crippen LogP contribution in [-0.4, -0.2) is 14.8 Å². The van der Waals surface area contributed by atoms with E-state index in [0.717, 1.165) is 23.7 Å². The van der Waals surface area contributed by atoms with Crippen LogP contribution in [0.5, 0.6) is 0 Å². The third-order valence-corrected chi connectivity index (χ3v) is 3.87. The van der Waals surface area contributed by atoms with Crippen molar-refractivity contribution < 1.29 is 0 Å². The zero-order valence-corrected chi connectivity index (χ0v) is 11.1. The second-order valence-corrected chi connectivity index (χ2v) is 5.29. The van der Waals surface area contributed by atoms with Crippen molar-refractivity contribution in [1.29, 1.82) is 0 Å². The van der Waals surface area contributed by atoms with Gasteiger partial charge in [-0.25, -0.2) is 0 Å². The zero-order chi connectivity index (χ0) is 11.5. The molecule has 1 N–H and O–H groups in total. The molecular weight excluding hydrogens is 238 g/mol. The summed E-state index contributed by atoms with van der Waals surface area (Å²) in [5, 5.41) is 9.24. The van der Waals surface area contributed by atoms with Crippen LogP contribution in [0.2, 0.25) is 0 Å². The summed E-state index contributed by atoms with van der Waals surface area (Å²) in [5.41, 5.74) is 0. The molecule has 0 aliphatic carbocycles. The van der Waals surface area contributed by atoms with Gasteiger partial charge in [0.15, 0.2) is 10.6 Å². The van der Waals surface area contributed by atoms with Crippen molar-refractivity contribution in [2.45, 2.75) is 26.8 Å². The number of nitrogens with one attached hydrogen (secondary N) is 1. The Bertz CT molecular complexity index is 496. The van der Waals surface area contributed by atoms with Crippen molar-refractivity contribution in [1.82, 2.24) is 14.8 Å². The van der Waals surface area contributed by atoms with Crippen LogP contribution in [0.1, 0.15) is 20.3 Å². The molecular formula is C11H15N3S2. The molecule has 3 nitrogen and oxygen atoms in total. The SMILES string of the molecule is CCC(C)Cn1c(-c2cccs2)n[nH]c1=S. The maximum atomic E-state index is 5.26. The molecule has 0 bridgehead atoms. The molecule has 0 radical (unpaired) electrons. The highest BCUT2D eigenvalue weighted by atomic mass is 32.1. The summed E-state index contributed by atoms with van der Waals surface area (Å²) in [5.74, 6) is 1.57. The summed E-state index contributed by atoms with van der Waals surface area (Å²) in [7, 11) is 0. The first-order valence-corrected chi connectivity index (χ1v) is 6.70. The summed E-state index contributed by atoms with van der Waals surface area (Å²) >= 11 is 6.95. The molecule has 0 aliphatic rings. The first-order valence-electron chi connectivity index (χ1n) is 5.41. The van der Waals surface area contributed by atoms with E-state index in [2.05, 4.69) is 40.1 Å². The van der Waals surface area contributed by atoms with Crippen LogP contribution in [-0.2, 0) is 6.54 Å². The largest absolute Gasteiger partial charge is 0.299 e. The van der Waals surface area contributed by atoms with Crippen molar-refractivity contribution in [2.24, 2.45) is 5.92 Å². The number of hydrogen-bond acceptors (Lipinski definition) is 3. The van der Waals surface area contributed by atoms with E-state index in [1.54, 1.807) is 11.3 Å². The number of nitrogens with zero attached hydrogens (tertiary/aromatic N) is 2. The Hall–Kier alpha value is -0.940. The molecule has 5 heteroatoms. The van der Waals surface area contributed by atoms with Crippen molar-refractivity contribution in [3.05, 3.63) is 22.3 Å². The number of thiophene rings is 1. The van der Waals surface area contributed by atoms with E-state index in [4.69, 9.17) is 12.2 Å². The van der Waals surface area contributed by atoms with Gasteiger partial charge in [-0.15, -0.1) is 11.3 Å². The fraction of sp³-hybridized carbons (Fsp3) is 0.455. The highest BCUT2D eigenvalue weighted by Gasteiger charge is 2.11. The molecule has 0 spiro atoms. The molecule has 0 aromatic carbocycles. The van der Waals surface area contributed by atoms with Crippen molar-refractivity contribution in [3.63, 3.8) is 0 Å². The lowest BCUT2D eigenvalue weighted by atomic mass is 10.1. The predicted molar refractivity (Wildman–Crippen MR) is 70.2 cm³/mol. The van der Waals surface area contributed by atoms with E-state index in [1.165, 1.54) is 0 Å². The van der Waals surface area contributed by atoms with Gasteiger partial charge >= 0.3 is 0 Å². The molecule has 2 heterocycles. The molecule has 0 saturated carbocycles. The monoisotopic (exact) mass is 253 g/mol. The molecule has 86 valence electrons. The summed E-state index contributed by atoms with van der Waals surface area (Å²) < 4.78 is 2.80. The maximum absolute atomic E-state index is 5.26. The Morgan fingerprint density at radius 3 is 3.06 bits per heavy atom. The van der Waals surface area contributed by atoms with Crippen LogP contribution < -0.4 is 0 Å². The molecule has 0 amide bonds. The average Bonchev–Trinajstić information content (AvgIpc) is 2.89. The van der Waals surface area contributed by atoms with Gasteiger partial charge in [0.1, 0.15) is 0 Å². The second kappa shape index (κ2) is 4.93. The summed E-state index contributed by atoms with van der Waals surface area (Å²) in [6.07, 6.45) is 1.15. The quantitative estimate of drug-likeness (QED) is 0.843. The van der Waals surface area contributed by atoms with Gasteiger partial charge in [0, 0.05) is 6.54 Å². The summed E-state index contributed by atoms with van der Waals surface area (Å²) in [4.78, 5) is 1.16. The molecule has 0 fully saturated rings. The third kappa shape index (κ3) is 2.25. The van der Waals surface area contributed by atoms with Crippen LogP contribution in [0.15, 0.2) is 17.5 Å². The Morgan fingerprint density at radius 1 is 1.62 bits per heavy atom. The van der Waals surface area contributed by atoms with Gasteiger partial charge in [-0.3, -0.25) is 9.67 Å². The van der Waals surface area contributed by atoms with Gasteiger partial charge in [0.2, 0.25) is 0 Å². The van der Waals surface area contributed by atoms with Gasteiger partial charge in [0.05, 0.1) is 4.88 Å². The molecule has 1 atom stereocenters. The van der Waals surface area contributed by atoms with E-state index >= 15 is 0 Å². The molecule has 0 saturated heterocycles. The fourth-order valence-corrected chi connectivity index (χ4v) is 2.45. The highest BCUT2D eigenvalue weighted by molar-refractivity contribution is 7.71. The van der Waals surface area contributed by atoms with Gasteiger partial charge in [-0.05, 0) is 29.6 Å². The van der Waals surface area contributed by atoms with Gasteiger partial charge in [-0.1, -0.05) is 26.3 Å². The smallest absolute Gasteiger partial charge is 0.195 e. The number of rotatable bonds is 4. The molecule has 2 aromatic rings. The van der Waals surface area contributed by atoms with Crippen LogP contribution >= 0.6 is 23.6 Å². The van der Waals surface area contributed by atoms with Crippen LogP contribution in [0.4, 0.5) is 0 Å². The standard InChI is InChI=1S/C11H15N3S2/c1-3-8(2)7-14-10(12-13-11(14)15)9-5-4-6-16-9/h4-6,8H,3,7H2,1-2H3,(H,13,15). The van der Waals surface area contributed by atoms with E-state index in [9.17, 15) is 0 Å². The van der Waals surface area contributed by atoms with Gasteiger partial charge in [-0.2, -0.15) is 5.10 Å². The first-order chi connectivity index (χ1) is 7.72. The minimum atomic E-state index is 0.614. The average molecular weight is 253 g/mol. The van der Waals surface area contributed by atoms with Crippen LogP contribution in [0.3, 0.4) is 0 Å². The Balaban J connectivity index is 2.37. The minimum absolute atomic E-state index is 0.614. The van der Waals surface area contributed by atoms with Gasteiger partial charge in [0.25, 0.3) is 0 Å². The molecule has 16 heavy (non-hydrogen) atoms. The minimum Gasteiger partial charge on any atom is -0.299 e. The van der Waals surface area contributed by atoms with Crippen molar-refractivity contribution in [3.8, 4) is 10.7 Å². The predicted octanol–water partition coefficient (Wildman–Crippen LogP) is 3.72. The van der Waals surface area contributed by atoms with Crippen LogP contribution in [0.25, 0.3) is 10.7 Å². The zero-order valence-electron chi connectivity index (χ0n) is 9.43. The van der Waals surface area contributed by atoms with E-state index in [0.29, 0.717) is 10.7 Å². The topological polar surface area (TPSA) is 33.6 Å². The Morgan fingerprint density at radius 2 is 2.44 bits per heavy atom. The van der Waals surface area contributed by atoms with Gasteiger partial charge < -0.3 is 0 Å². The number of aromatic amines is 1. The van der Waals surface area contributed by atoms with Crippen molar-refractivity contribution in [2.75, 3.05) is 0 Å². The third-order valence-electron chi connectivity index (χ3n) is 2.69. The lowest BCUT2D eigenvalue weighted by Crippen LogP contribution is -2.08. The van der Waals surface area contributed by atoms with E-state index < -0.39 is 0 Å². The molecule has 2 rings (SSSR count). The van der Waals surface area contributed by atoms with Crippen molar-refractivity contribution >= 4 is 23.6 Å². The number of hydrogen-bond donors (Lipinski definition) is 1. The maximum Gasteiger partial charge on any atom is 0.195 e. The number of H-pyrrole nitrogens is 1. The first kappa shape index (κ1) is 11.5. The highest BCUT2D eigenvalue weighted by Crippen LogP contribution is 2.23. The van der Waals surface area contributed by atoms with E-state index in [1.807, 2.05) is 6.07 Å². The lowest BCUT2D eigenvalue weighted by Gasteiger charge is -2.10. The normalized spacial score (nSPS) is 12.9. The summed E-state index contributed by atoms with van der Waals surface area (Å²) in [6, 6.07) is 4.11. The summed E-state index contributed by atoms with van der Waals surface area (Å²) in [6.45, 7) is 5.35. The molecule has 0 aliphatic heterocycles. The Labute approximate surface area is 104 Å². The second-order valence-electron chi connectivity index (χ2n) is 3.95. The Kier molecular flexibility index (Phi) is 3.56. The number of aromatic nitrogens is 3.